The predicted molar refractivity (Wildman–Crippen MR) is 62.5 cm³/mol. The van der Waals surface area contributed by atoms with Gasteiger partial charge in [0.15, 0.2) is 0 Å². The van der Waals surface area contributed by atoms with Gasteiger partial charge in [-0.1, -0.05) is 0 Å². The lowest BCUT2D eigenvalue weighted by molar-refractivity contribution is 0.0697. The lowest BCUT2D eigenvalue weighted by atomic mass is 10.2. The largest absolute Gasteiger partial charge is 0.478 e. The minimum Gasteiger partial charge on any atom is -0.478 e. The van der Waals surface area contributed by atoms with E-state index in [1.165, 1.54) is 18.5 Å². The van der Waals surface area contributed by atoms with Gasteiger partial charge in [-0.25, -0.2) is 9.48 Å². The maximum Gasteiger partial charge on any atom is 0.335 e. The Labute approximate surface area is 98.5 Å². The van der Waals surface area contributed by atoms with Crippen LogP contribution in [0.1, 0.15) is 34.8 Å². The van der Waals surface area contributed by atoms with Crippen molar-refractivity contribution in [3.63, 3.8) is 0 Å². The van der Waals surface area contributed by atoms with E-state index in [2.05, 4.69) is 5.10 Å². The molecule has 0 bridgehead atoms. The number of hydrogen-bond donors (Lipinski definition) is 1. The Hall–Kier alpha value is -2.10. The highest BCUT2D eigenvalue weighted by Gasteiger charge is 2.27. The highest BCUT2D eigenvalue weighted by atomic mass is 16.4. The summed E-state index contributed by atoms with van der Waals surface area (Å²) in [5.41, 5.74) is 2.43. The molecule has 1 fully saturated rings. The minimum absolute atomic E-state index is 0.300. The van der Waals surface area contributed by atoms with E-state index in [0.717, 1.165) is 5.69 Å². The van der Waals surface area contributed by atoms with E-state index >= 15 is 0 Å². The zero-order valence-electron chi connectivity index (χ0n) is 9.21. The van der Waals surface area contributed by atoms with Crippen molar-refractivity contribution < 1.29 is 9.90 Å². The average molecular weight is 228 g/mol. The summed E-state index contributed by atoms with van der Waals surface area (Å²) in [6.45, 7) is 0. The van der Waals surface area contributed by atoms with Crippen molar-refractivity contribution in [1.29, 1.82) is 0 Å². The van der Waals surface area contributed by atoms with Crippen LogP contribution < -0.4 is 0 Å². The van der Waals surface area contributed by atoms with Crippen LogP contribution in [0.5, 0.6) is 0 Å². The molecule has 3 rings (SSSR count). The number of benzene rings is 1. The summed E-state index contributed by atoms with van der Waals surface area (Å²) in [6.07, 6.45) is 4.23. The van der Waals surface area contributed by atoms with E-state index in [-0.39, 0.29) is 0 Å². The fourth-order valence-corrected chi connectivity index (χ4v) is 1.96. The zero-order valence-corrected chi connectivity index (χ0v) is 9.21. The predicted octanol–water partition coefficient (Wildman–Crippen LogP) is 2.45. The van der Waals surface area contributed by atoms with E-state index in [1.807, 2.05) is 10.7 Å². The first kappa shape index (κ1) is 10.1. The second kappa shape index (κ2) is 3.73. The Morgan fingerprint density at radius 3 is 2.53 bits per heavy atom. The van der Waals surface area contributed by atoms with Gasteiger partial charge >= 0.3 is 5.97 Å². The number of carbonyl (C=O) groups is 1. The summed E-state index contributed by atoms with van der Waals surface area (Å²) in [6, 6.07) is 8.83. The standard InChI is InChI=1S/C13H12N2O2/c16-13(17)10-3-5-11(6-4-10)15-12(7-8-14-15)9-1-2-9/h3-9H,1-2H2,(H,16,17). The molecule has 1 aliphatic carbocycles. The maximum atomic E-state index is 10.8. The van der Waals surface area contributed by atoms with Crippen molar-refractivity contribution in [2.24, 2.45) is 0 Å². The van der Waals surface area contributed by atoms with Gasteiger partial charge in [0.25, 0.3) is 0 Å². The van der Waals surface area contributed by atoms with Crippen LogP contribution >= 0.6 is 0 Å². The van der Waals surface area contributed by atoms with Gasteiger partial charge in [-0.05, 0) is 43.2 Å². The summed E-state index contributed by atoms with van der Waals surface area (Å²) in [5.74, 6) is -0.281. The van der Waals surface area contributed by atoms with Crippen molar-refractivity contribution in [1.82, 2.24) is 9.78 Å². The van der Waals surface area contributed by atoms with E-state index in [4.69, 9.17) is 5.11 Å². The molecule has 0 amide bonds. The molecule has 4 heteroatoms. The van der Waals surface area contributed by atoms with Crippen LogP contribution in [0.15, 0.2) is 36.5 Å². The summed E-state index contributed by atoms with van der Waals surface area (Å²) in [5, 5.41) is 13.1. The van der Waals surface area contributed by atoms with Crippen molar-refractivity contribution in [3.8, 4) is 5.69 Å². The third-order valence-electron chi connectivity index (χ3n) is 3.03. The van der Waals surface area contributed by atoms with Crippen LogP contribution in [0.25, 0.3) is 5.69 Å². The van der Waals surface area contributed by atoms with Gasteiger partial charge in [-0.2, -0.15) is 5.10 Å². The molecule has 0 unspecified atom stereocenters. The molecule has 17 heavy (non-hydrogen) atoms. The molecule has 1 aliphatic rings. The Bertz CT molecular complexity index is 553. The van der Waals surface area contributed by atoms with Gasteiger partial charge in [-0.3, -0.25) is 0 Å². The van der Waals surface area contributed by atoms with Crippen LogP contribution in [0, 0.1) is 0 Å². The topological polar surface area (TPSA) is 55.1 Å². The summed E-state index contributed by atoms with van der Waals surface area (Å²) in [4.78, 5) is 10.8. The van der Waals surface area contributed by atoms with Crippen molar-refractivity contribution in [3.05, 3.63) is 47.8 Å². The smallest absolute Gasteiger partial charge is 0.335 e. The van der Waals surface area contributed by atoms with Gasteiger partial charge in [0.2, 0.25) is 0 Å². The van der Waals surface area contributed by atoms with Crippen LogP contribution in [0.3, 0.4) is 0 Å². The molecule has 0 saturated heterocycles. The number of aromatic carboxylic acids is 1. The van der Waals surface area contributed by atoms with Crippen molar-refractivity contribution in [2.45, 2.75) is 18.8 Å². The van der Waals surface area contributed by atoms with Crippen LogP contribution in [-0.4, -0.2) is 20.9 Å². The molecule has 0 atom stereocenters. The number of carboxylic acid groups (broad SMARTS) is 1. The van der Waals surface area contributed by atoms with E-state index in [0.29, 0.717) is 11.5 Å². The summed E-state index contributed by atoms with van der Waals surface area (Å²) in [7, 11) is 0. The van der Waals surface area contributed by atoms with Crippen molar-refractivity contribution >= 4 is 5.97 Å². The Morgan fingerprint density at radius 2 is 1.94 bits per heavy atom. The number of carboxylic acids is 1. The quantitative estimate of drug-likeness (QED) is 0.877. The number of nitrogens with zero attached hydrogens (tertiary/aromatic N) is 2. The first-order valence-corrected chi connectivity index (χ1v) is 5.63. The first-order chi connectivity index (χ1) is 8.25. The van der Waals surface area contributed by atoms with E-state index in [9.17, 15) is 4.79 Å². The van der Waals surface area contributed by atoms with Crippen LogP contribution in [0.2, 0.25) is 0 Å². The summed E-state index contributed by atoms with van der Waals surface area (Å²) < 4.78 is 1.89. The first-order valence-electron chi connectivity index (χ1n) is 5.63. The van der Waals surface area contributed by atoms with Gasteiger partial charge in [0, 0.05) is 17.8 Å². The van der Waals surface area contributed by atoms with Crippen molar-refractivity contribution in [2.75, 3.05) is 0 Å². The minimum atomic E-state index is -0.903. The fraction of sp³-hybridized carbons (Fsp3) is 0.231. The molecule has 1 aromatic heterocycles. The van der Waals surface area contributed by atoms with Gasteiger partial charge in [-0.15, -0.1) is 0 Å². The Morgan fingerprint density at radius 1 is 1.24 bits per heavy atom. The molecule has 0 spiro atoms. The summed E-state index contributed by atoms with van der Waals surface area (Å²) >= 11 is 0. The highest BCUT2D eigenvalue weighted by molar-refractivity contribution is 5.87. The second-order valence-electron chi connectivity index (χ2n) is 4.29. The normalized spacial score (nSPS) is 14.8. The zero-order chi connectivity index (χ0) is 11.8. The SMILES string of the molecule is O=C(O)c1ccc(-n2nccc2C2CC2)cc1. The molecule has 1 heterocycles. The van der Waals surface area contributed by atoms with E-state index in [1.54, 1.807) is 30.5 Å². The molecule has 1 saturated carbocycles. The molecule has 4 nitrogen and oxygen atoms in total. The molecule has 0 aliphatic heterocycles. The molecule has 0 radical (unpaired) electrons. The van der Waals surface area contributed by atoms with Gasteiger partial charge in [0.05, 0.1) is 11.3 Å². The Balaban J connectivity index is 1.97. The fourth-order valence-electron chi connectivity index (χ4n) is 1.96. The maximum absolute atomic E-state index is 10.8. The highest BCUT2D eigenvalue weighted by Crippen LogP contribution is 2.40. The van der Waals surface area contributed by atoms with E-state index < -0.39 is 5.97 Å². The van der Waals surface area contributed by atoms with Crippen LogP contribution in [0.4, 0.5) is 0 Å². The lowest BCUT2D eigenvalue weighted by Gasteiger charge is -2.06. The molecular formula is C13H12N2O2. The Kier molecular flexibility index (Phi) is 2.21. The van der Waals surface area contributed by atoms with Crippen LogP contribution in [-0.2, 0) is 0 Å². The number of aromatic nitrogens is 2. The van der Waals surface area contributed by atoms with Gasteiger partial charge in [0.1, 0.15) is 0 Å². The van der Waals surface area contributed by atoms with Gasteiger partial charge < -0.3 is 5.11 Å². The molecular weight excluding hydrogens is 216 g/mol. The second-order valence-corrected chi connectivity index (χ2v) is 4.29. The third kappa shape index (κ3) is 1.82. The third-order valence-corrected chi connectivity index (χ3v) is 3.03. The monoisotopic (exact) mass is 228 g/mol. The number of hydrogen-bond acceptors (Lipinski definition) is 2. The lowest BCUT2D eigenvalue weighted by Crippen LogP contribution is -2.02. The molecule has 1 aromatic carbocycles. The molecule has 1 N–H and O–H groups in total. The average Bonchev–Trinajstić information content (AvgIpc) is 3.07. The molecule has 2 aromatic rings. The number of rotatable bonds is 3. The molecule has 86 valence electrons.